The molecule has 0 aliphatic heterocycles. The van der Waals surface area contributed by atoms with Crippen molar-refractivity contribution in [2.75, 3.05) is 19.7 Å². The van der Waals surface area contributed by atoms with Gasteiger partial charge in [0.15, 0.2) is 5.96 Å². The van der Waals surface area contributed by atoms with Crippen LogP contribution in [0.25, 0.3) is 0 Å². The summed E-state index contributed by atoms with van der Waals surface area (Å²) >= 11 is 1.74. The van der Waals surface area contributed by atoms with Crippen molar-refractivity contribution in [3.8, 4) is 5.75 Å². The molecule has 0 bridgehead atoms. The SMILES string of the molecule is CCNC(=NCc1sccc1C)NCCOc1cccnc1. The molecule has 0 amide bonds. The number of nitrogens with one attached hydrogen (secondary N) is 2. The van der Waals surface area contributed by atoms with Crippen LogP contribution in [0.1, 0.15) is 17.4 Å². The van der Waals surface area contributed by atoms with E-state index < -0.39 is 0 Å². The predicted octanol–water partition coefficient (Wildman–Crippen LogP) is 2.59. The average molecular weight is 318 g/mol. The van der Waals surface area contributed by atoms with E-state index in [0.29, 0.717) is 19.7 Å². The molecule has 2 rings (SSSR count). The van der Waals surface area contributed by atoms with Crippen molar-refractivity contribution >= 4 is 17.3 Å². The highest BCUT2D eigenvalue weighted by Gasteiger charge is 2.01. The zero-order valence-electron chi connectivity index (χ0n) is 13.0. The normalized spacial score (nSPS) is 11.3. The largest absolute Gasteiger partial charge is 0.490 e. The van der Waals surface area contributed by atoms with Gasteiger partial charge in [-0.15, -0.1) is 11.3 Å². The minimum Gasteiger partial charge on any atom is -0.490 e. The van der Waals surface area contributed by atoms with Crippen LogP contribution in [0.5, 0.6) is 5.75 Å². The summed E-state index contributed by atoms with van der Waals surface area (Å²) in [5.41, 5.74) is 1.30. The summed E-state index contributed by atoms with van der Waals surface area (Å²) in [6.07, 6.45) is 3.44. The van der Waals surface area contributed by atoms with Gasteiger partial charge in [-0.2, -0.15) is 0 Å². The Balaban J connectivity index is 1.77. The zero-order valence-corrected chi connectivity index (χ0v) is 13.8. The van der Waals surface area contributed by atoms with Gasteiger partial charge in [0.05, 0.1) is 19.3 Å². The van der Waals surface area contributed by atoms with Crippen LogP contribution in [-0.4, -0.2) is 30.6 Å². The van der Waals surface area contributed by atoms with Gasteiger partial charge in [0.1, 0.15) is 12.4 Å². The van der Waals surface area contributed by atoms with Gasteiger partial charge >= 0.3 is 0 Å². The quantitative estimate of drug-likeness (QED) is 0.468. The van der Waals surface area contributed by atoms with Crippen LogP contribution < -0.4 is 15.4 Å². The molecule has 0 aromatic carbocycles. The fourth-order valence-electron chi connectivity index (χ4n) is 1.83. The number of guanidine groups is 1. The number of hydrogen-bond donors (Lipinski definition) is 2. The second-order valence-electron chi connectivity index (χ2n) is 4.69. The Hall–Kier alpha value is -2.08. The Morgan fingerprint density at radius 1 is 1.36 bits per heavy atom. The van der Waals surface area contributed by atoms with Gasteiger partial charge in [-0.05, 0) is 43.0 Å². The fourth-order valence-corrected chi connectivity index (χ4v) is 2.66. The monoisotopic (exact) mass is 318 g/mol. The van der Waals surface area contributed by atoms with Crippen molar-refractivity contribution in [1.29, 1.82) is 0 Å². The molecule has 0 radical (unpaired) electrons. The summed E-state index contributed by atoms with van der Waals surface area (Å²) in [5, 5.41) is 8.61. The molecule has 0 atom stereocenters. The van der Waals surface area contributed by atoms with Crippen molar-refractivity contribution in [3.63, 3.8) is 0 Å². The lowest BCUT2D eigenvalue weighted by Gasteiger charge is -2.11. The van der Waals surface area contributed by atoms with Crippen LogP contribution in [-0.2, 0) is 6.54 Å². The zero-order chi connectivity index (χ0) is 15.6. The van der Waals surface area contributed by atoms with Crippen molar-refractivity contribution in [1.82, 2.24) is 15.6 Å². The molecule has 0 saturated carbocycles. The van der Waals surface area contributed by atoms with Crippen molar-refractivity contribution < 1.29 is 4.74 Å². The van der Waals surface area contributed by atoms with Crippen LogP contribution in [0.15, 0.2) is 41.0 Å². The number of aliphatic imine (C=N–C) groups is 1. The molecule has 2 N–H and O–H groups in total. The molecule has 0 saturated heterocycles. The number of hydrogen-bond acceptors (Lipinski definition) is 4. The number of ether oxygens (including phenoxy) is 1. The van der Waals surface area contributed by atoms with E-state index in [1.165, 1.54) is 10.4 Å². The molecule has 0 aliphatic carbocycles. The Kier molecular flexibility index (Phi) is 6.70. The number of rotatable bonds is 7. The first-order valence-electron chi connectivity index (χ1n) is 7.37. The standard InChI is InChI=1S/C16H22N4OS/c1-3-18-16(20-12-15-13(2)6-10-22-15)19-8-9-21-14-5-4-7-17-11-14/h4-7,10-11H,3,8-9,12H2,1-2H3,(H2,18,19,20). The average Bonchev–Trinajstić information content (AvgIpc) is 2.95. The van der Waals surface area contributed by atoms with Gasteiger partial charge in [-0.3, -0.25) is 4.98 Å². The number of thiophene rings is 1. The highest BCUT2D eigenvalue weighted by atomic mass is 32.1. The van der Waals surface area contributed by atoms with Gasteiger partial charge in [0.2, 0.25) is 0 Å². The summed E-state index contributed by atoms with van der Waals surface area (Å²) in [7, 11) is 0. The summed E-state index contributed by atoms with van der Waals surface area (Å²) in [6, 6.07) is 5.88. The molecule has 2 heterocycles. The van der Waals surface area contributed by atoms with Crippen LogP contribution in [0.3, 0.4) is 0 Å². The van der Waals surface area contributed by atoms with E-state index >= 15 is 0 Å². The van der Waals surface area contributed by atoms with E-state index in [4.69, 9.17) is 4.74 Å². The van der Waals surface area contributed by atoms with Gasteiger partial charge in [0.25, 0.3) is 0 Å². The van der Waals surface area contributed by atoms with Crippen molar-refractivity contribution in [2.45, 2.75) is 20.4 Å². The summed E-state index contributed by atoms with van der Waals surface area (Å²) in [4.78, 5) is 9.91. The van der Waals surface area contributed by atoms with Crippen molar-refractivity contribution in [3.05, 3.63) is 46.4 Å². The maximum Gasteiger partial charge on any atom is 0.191 e. The Morgan fingerprint density at radius 2 is 2.27 bits per heavy atom. The third-order valence-corrected chi connectivity index (χ3v) is 4.00. The third kappa shape index (κ3) is 5.37. The lowest BCUT2D eigenvalue weighted by atomic mass is 10.3. The van der Waals surface area contributed by atoms with Gasteiger partial charge in [0, 0.05) is 17.6 Å². The van der Waals surface area contributed by atoms with E-state index in [2.05, 4.69) is 45.9 Å². The molecular weight excluding hydrogens is 296 g/mol. The Labute approximate surface area is 135 Å². The minimum absolute atomic E-state index is 0.564. The molecule has 0 unspecified atom stereocenters. The number of aromatic nitrogens is 1. The molecule has 5 nitrogen and oxygen atoms in total. The van der Waals surface area contributed by atoms with E-state index in [1.54, 1.807) is 23.7 Å². The second-order valence-corrected chi connectivity index (χ2v) is 5.69. The topological polar surface area (TPSA) is 58.5 Å². The predicted molar refractivity (Wildman–Crippen MR) is 91.6 cm³/mol. The maximum absolute atomic E-state index is 5.60. The van der Waals surface area contributed by atoms with E-state index in [9.17, 15) is 0 Å². The second kappa shape index (κ2) is 9.04. The summed E-state index contributed by atoms with van der Waals surface area (Å²) in [6.45, 7) is 6.95. The molecule has 118 valence electrons. The van der Waals surface area contributed by atoms with Gasteiger partial charge in [-0.25, -0.2) is 4.99 Å². The van der Waals surface area contributed by atoms with Crippen LogP contribution >= 0.6 is 11.3 Å². The first-order chi connectivity index (χ1) is 10.8. The van der Waals surface area contributed by atoms with E-state index in [0.717, 1.165) is 18.3 Å². The molecule has 0 fully saturated rings. The molecule has 2 aromatic heterocycles. The van der Waals surface area contributed by atoms with Crippen molar-refractivity contribution in [2.24, 2.45) is 4.99 Å². The summed E-state index contributed by atoms with van der Waals surface area (Å²) < 4.78 is 5.60. The lowest BCUT2D eigenvalue weighted by molar-refractivity contribution is 0.320. The molecule has 22 heavy (non-hydrogen) atoms. The Morgan fingerprint density at radius 3 is 2.95 bits per heavy atom. The summed E-state index contributed by atoms with van der Waals surface area (Å²) in [5.74, 6) is 1.59. The van der Waals surface area contributed by atoms with Gasteiger partial charge in [-0.1, -0.05) is 0 Å². The van der Waals surface area contributed by atoms with E-state index in [1.807, 2.05) is 12.1 Å². The smallest absolute Gasteiger partial charge is 0.191 e. The van der Waals surface area contributed by atoms with Gasteiger partial charge < -0.3 is 15.4 Å². The molecule has 2 aromatic rings. The molecule has 6 heteroatoms. The maximum atomic E-state index is 5.60. The minimum atomic E-state index is 0.564. The Bertz CT molecular complexity index is 583. The van der Waals surface area contributed by atoms with Crippen LogP contribution in [0.4, 0.5) is 0 Å². The first kappa shape index (κ1) is 16.3. The highest BCUT2D eigenvalue weighted by Crippen LogP contribution is 2.16. The highest BCUT2D eigenvalue weighted by molar-refractivity contribution is 7.10. The molecular formula is C16H22N4OS. The molecule has 0 aliphatic rings. The number of aryl methyl sites for hydroxylation is 1. The number of nitrogens with zero attached hydrogens (tertiary/aromatic N) is 2. The van der Waals surface area contributed by atoms with Crippen LogP contribution in [0, 0.1) is 6.92 Å². The third-order valence-electron chi connectivity index (χ3n) is 2.99. The lowest BCUT2D eigenvalue weighted by Crippen LogP contribution is -2.39. The van der Waals surface area contributed by atoms with E-state index in [-0.39, 0.29) is 0 Å². The van der Waals surface area contributed by atoms with Crippen LogP contribution in [0.2, 0.25) is 0 Å². The number of pyridine rings is 1. The fraction of sp³-hybridized carbons (Fsp3) is 0.375. The first-order valence-corrected chi connectivity index (χ1v) is 8.25. The molecule has 0 spiro atoms.